The Bertz CT molecular complexity index is 222. The lowest BCUT2D eigenvalue weighted by Crippen LogP contribution is -2.44. The molecule has 1 aliphatic rings. The molecule has 11 heavy (non-hydrogen) atoms. The van der Waals surface area contributed by atoms with Crippen LogP contribution in [-0.2, 0) is 4.79 Å². The SMILES string of the molecule is CC1C(=O)C=CCN1C(=O)O. The fourth-order valence-corrected chi connectivity index (χ4v) is 0.977. The molecule has 0 saturated carbocycles. The molecule has 0 radical (unpaired) electrons. The smallest absolute Gasteiger partial charge is 0.408 e. The summed E-state index contributed by atoms with van der Waals surface area (Å²) < 4.78 is 0. The maximum Gasteiger partial charge on any atom is 0.408 e. The standard InChI is InChI=1S/C7H9NO3/c1-5-6(9)3-2-4-8(5)7(10)11/h2-3,5H,4H2,1H3,(H,10,11). The molecule has 4 nitrogen and oxygen atoms in total. The molecule has 1 amide bonds. The van der Waals surface area contributed by atoms with Crippen molar-refractivity contribution in [2.24, 2.45) is 0 Å². The van der Waals surface area contributed by atoms with Crippen LogP contribution in [0.5, 0.6) is 0 Å². The van der Waals surface area contributed by atoms with Crippen LogP contribution in [0.1, 0.15) is 6.92 Å². The van der Waals surface area contributed by atoms with Crippen LogP contribution >= 0.6 is 0 Å². The van der Waals surface area contributed by atoms with Gasteiger partial charge in [0.2, 0.25) is 0 Å². The van der Waals surface area contributed by atoms with Crippen molar-refractivity contribution >= 4 is 11.9 Å². The van der Waals surface area contributed by atoms with E-state index in [1.54, 1.807) is 13.0 Å². The minimum atomic E-state index is -1.05. The summed E-state index contributed by atoms with van der Waals surface area (Å²) in [4.78, 5) is 22.5. The topological polar surface area (TPSA) is 57.6 Å². The summed E-state index contributed by atoms with van der Waals surface area (Å²) in [5.41, 5.74) is 0. The van der Waals surface area contributed by atoms with Crippen molar-refractivity contribution in [3.63, 3.8) is 0 Å². The second-order valence-electron chi connectivity index (χ2n) is 2.42. The van der Waals surface area contributed by atoms with Gasteiger partial charge in [-0.1, -0.05) is 6.08 Å². The van der Waals surface area contributed by atoms with Gasteiger partial charge < -0.3 is 5.11 Å². The van der Waals surface area contributed by atoms with Crippen molar-refractivity contribution in [2.45, 2.75) is 13.0 Å². The number of hydrogen-bond acceptors (Lipinski definition) is 2. The Morgan fingerprint density at radius 2 is 2.45 bits per heavy atom. The Morgan fingerprint density at radius 3 is 2.91 bits per heavy atom. The maximum atomic E-state index is 10.9. The van der Waals surface area contributed by atoms with Gasteiger partial charge in [0.05, 0.1) is 6.04 Å². The molecule has 0 aromatic heterocycles. The maximum absolute atomic E-state index is 10.9. The molecule has 60 valence electrons. The number of nitrogens with zero attached hydrogens (tertiary/aromatic N) is 1. The third-order valence-electron chi connectivity index (χ3n) is 1.71. The molecule has 0 aromatic rings. The van der Waals surface area contributed by atoms with Crippen LogP contribution in [0, 0.1) is 0 Å². The summed E-state index contributed by atoms with van der Waals surface area (Å²) in [7, 11) is 0. The van der Waals surface area contributed by atoms with E-state index in [4.69, 9.17) is 5.11 Å². The number of carbonyl (C=O) groups is 2. The van der Waals surface area contributed by atoms with Gasteiger partial charge in [0.15, 0.2) is 5.78 Å². The van der Waals surface area contributed by atoms with Gasteiger partial charge in [0, 0.05) is 6.54 Å². The number of carboxylic acid groups (broad SMARTS) is 1. The highest BCUT2D eigenvalue weighted by atomic mass is 16.4. The summed E-state index contributed by atoms with van der Waals surface area (Å²) in [6.07, 6.45) is 1.93. The summed E-state index contributed by atoms with van der Waals surface area (Å²) in [6.45, 7) is 1.89. The third-order valence-corrected chi connectivity index (χ3v) is 1.71. The van der Waals surface area contributed by atoms with Crippen LogP contribution in [-0.4, -0.2) is 34.5 Å². The molecule has 1 aliphatic heterocycles. The molecule has 1 rings (SSSR count). The molecule has 0 aromatic carbocycles. The first-order chi connectivity index (χ1) is 5.13. The van der Waals surface area contributed by atoms with Crippen molar-refractivity contribution in [1.82, 2.24) is 4.90 Å². The summed E-state index contributed by atoms with van der Waals surface area (Å²) >= 11 is 0. The average molecular weight is 155 g/mol. The van der Waals surface area contributed by atoms with Crippen LogP contribution in [0.25, 0.3) is 0 Å². The van der Waals surface area contributed by atoms with Gasteiger partial charge >= 0.3 is 6.09 Å². The highest BCUT2D eigenvalue weighted by Gasteiger charge is 2.25. The predicted molar refractivity (Wildman–Crippen MR) is 38.3 cm³/mol. The Hall–Kier alpha value is -1.32. The molecule has 0 spiro atoms. The Kier molecular flexibility index (Phi) is 1.94. The highest BCUT2D eigenvalue weighted by Crippen LogP contribution is 2.06. The first-order valence-electron chi connectivity index (χ1n) is 3.33. The van der Waals surface area contributed by atoms with Crippen molar-refractivity contribution in [2.75, 3.05) is 6.54 Å². The van der Waals surface area contributed by atoms with E-state index in [9.17, 15) is 9.59 Å². The van der Waals surface area contributed by atoms with E-state index < -0.39 is 12.1 Å². The molecular formula is C7H9NO3. The van der Waals surface area contributed by atoms with Crippen molar-refractivity contribution in [3.05, 3.63) is 12.2 Å². The number of hydrogen-bond donors (Lipinski definition) is 1. The van der Waals surface area contributed by atoms with E-state index in [0.717, 1.165) is 4.90 Å². The zero-order valence-electron chi connectivity index (χ0n) is 6.15. The third kappa shape index (κ3) is 1.39. The number of carbonyl (C=O) groups excluding carboxylic acids is 1. The number of rotatable bonds is 0. The van der Waals surface area contributed by atoms with Crippen LogP contribution in [0.4, 0.5) is 4.79 Å². The molecule has 1 unspecified atom stereocenters. The van der Waals surface area contributed by atoms with E-state index >= 15 is 0 Å². The second kappa shape index (κ2) is 2.74. The molecule has 0 saturated heterocycles. The predicted octanol–water partition coefficient (Wildman–Crippen LogP) is 0.494. The Balaban J connectivity index is 2.78. The van der Waals surface area contributed by atoms with Crippen LogP contribution in [0.2, 0.25) is 0 Å². The van der Waals surface area contributed by atoms with Crippen molar-refractivity contribution < 1.29 is 14.7 Å². The van der Waals surface area contributed by atoms with Crippen LogP contribution in [0.3, 0.4) is 0 Å². The average Bonchev–Trinajstić information content (AvgIpc) is 1.94. The normalized spacial score (nSPS) is 23.9. The molecule has 1 atom stereocenters. The van der Waals surface area contributed by atoms with E-state index in [2.05, 4.69) is 0 Å². The van der Waals surface area contributed by atoms with E-state index in [1.165, 1.54) is 6.08 Å². The number of ketones is 1. The fourth-order valence-electron chi connectivity index (χ4n) is 0.977. The van der Waals surface area contributed by atoms with Gasteiger partial charge in [-0.15, -0.1) is 0 Å². The van der Waals surface area contributed by atoms with Gasteiger partial charge in [0.25, 0.3) is 0 Å². The highest BCUT2D eigenvalue weighted by molar-refractivity contribution is 5.96. The largest absolute Gasteiger partial charge is 0.465 e. The first-order valence-corrected chi connectivity index (χ1v) is 3.33. The second-order valence-corrected chi connectivity index (χ2v) is 2.42. The lowest BCUT2D eigenvalue weighted by atomic mass is 10.1. The van der Waals surface area contributed by atoms with Crippen molar-refractivity contribution in [3.8, 4) is 0 Å². The first kappa shape index (κ1) is 7.78. The minimum absolute atomic E-state index is 0.154. The van der Waals surface area contributed by atoms with E-state index in [0.29, 0.717) is 6.54 Å². The molecule has 0 fully saturated rings. The van der Waals surface area contributed by atoms with Gasteiger partial charge in [-0.3, -0.25) is 9.69 Å². The quantitative estimate of drug-likeness (QED) is 0.554. The zero-order valence-corrected chi connectivity index (χ0v) is 6.15. The number of amides is 1. The summed E-state index contributed by atoms with van der Waals surface area (Å²) in [5.74, 6) is -0.154. The molecular weight excluding hydrogens is 146 g/mol. The van der Waals surface area contributed by atoms with Gasteiger partial charge in [-0.25, -0.2) is 4.79 Å². The van der Waals surface area contributed by atoms with E-state index in [-0.39, 0.29) is 5.78 Å². The lowest BCUT2D eigenvalue weighted by molar-refractivity contribution is -0.119. The molecule has 1 N–H and O–H groups in total. The molecule has 1 heterocycles. The molecule has 0 aliphatic carbocycles. The minimum Gasteiger partial charge on any atom is -0.465 e. The van der Waals surface area contributed by atoms with Crippen molar-refractivity contribution in [1.29, 1.82) is 0 Å². The summed E-state index contributed by atoms with van der Waals surface area (Å²) in [6, 6.07) is -0.530. The van der Waals surface area contributed by atoms with Gasteiger partial charge in [-0.05, 0) is 13.0 Å². The zero-order chi connectivity index (χ0) is 8.43. The van der Waals surface area contributed by atoms with Crippen LogP contribution < -0.4 is 0 Å². The van der Waals surface area contributed by atoms with Gasteiger partial charge in [-0.2, -0.15) is 0 Å². The fraction of sp³-hybridized carbons (Fsp3) is 0.429. The van der Waals surface area contributed by atoms with E-state index in [1.807, 2.05) is 0 Å². The monoisotopic (exact) mass is 155 g/mol. The van der Waals surface area contributed by atoms with Crippen LogP contribution in [0.15, 0.2) is 12.2 Å². The van der Waals surface area contributed by atoms with Gasteiger partial charge in [0.1, 0.15) is 0 Å². The lowest BCUT2D eigenvalue weighted by Gasteiger charge is -2.25. The Morgan fingerprint density at radius 1 is 1.82 bits per heavy atom. The molecule has 0 bridgehead atoms. The Labute approximate surface area is 64.1 Å². The summed E-state index contributed by atoms with van der Waals surface area (Å²) in [5, 5.41) is 8.57. The molecule has 4 heteroatoms.